The second-order valence-electron chi connectivity index (χ2n) is 4.74. The normalized spacial score (nSPS) is 11.9. The van der Waals surface area contributed by atoms with E-state index in [1.54, 1.807) is 19.2 Å². The number of nitrogens with one attached hydrogen (secondary N) is 1. The van der Waals surface area contributed by atoms with Gasteiger partial charge in [0, 0.05) is 6.54 Å². The SMILES string of the molecule is COc1ccc(C(C)CCNc2cccc(F)n2)cc1. The summed E-state index contributed by atoms with van der Waals surface area (Å²) in [5.41, 5.74) is 1.26. The van der Waals surface area contributed by atoms with Crippen molar-refractivity contribution >= 4 is 5.82 Å². The van der Waals surface area contributed by atoms with Gasteiger partial charge in [-0.15, -0.1) is 0 Å². The molecule has 0 aliphatic heterocycles. The fourth-order valence-electron chi connectivity index (χ4n) is 2.02. The molecule has 2 aromatic rings. The van der Waals surface area contributed by atoms with Gasteiger partial charge in [-0.2, -0.15) is 4.39 Å². The average molecular weight is 274 g/mol. The number of benzene rings is 1. The lowest BCUT2D eigenvalue weighted by Gasteiger charge is -2.13. The highest BCUT2D eigenvalue weighted by molar-refractivity contribution is 5.34. The summed E-state index contributed by atoms with van der Waals surface area (Å²) in [6, 6.07) is 12.8. The van der Waals surface area contributed by atoms with Crippen molar-refractivity contribution in [3.8, 4) is 5.75 Å². The van der Waals surface area contributed by atoms with Gasteiger partial charge in [-0.25, -0.2) is 4.98 Å². The predicted octanol–water partition coefficient (Wildman–Crippen LogP) is 3.84. The summed E-state index contributed by atoms with van der Waals surface area (Å²) in [6.45, 7) is 2.92. The first kappa shape index (κ1) is 14.3. The molecule has 2 rings (SSSR count). The number of anilines is 1. The van der Waals surface area contributed by atoms with Crippen molar-refractivity contribution in [1.29, 1.82) is 0 Å². The number of nitrogens with zero attached hydrogens (tertiary/aromatic N) is 1. The summed E-state index contributed by atoms with van der Waals surface area (Å²) < 4.78 is 18.1. The second-order valence-corrected chi connectivity index (χ2v) is 4.74. The van der Waals surface area contributed by atoms with Gasteiger partial charge >= 0.3 is 0 Å². The Morgan fingerprint density at radius 2 is 1.95 bits per heavy atom. The number of halogens is 1. The molecule has 0 saturated heterocycles. The Kier molecular flexibility index (Phi) is 4.93. The molecule has 0 spiro atoms. The number of pyridine rings is 1. The molecule has 1 aromatic heterocycles. The Hall–Kier alpha value is -2.10. The van der Waals surface area contributed by atoms with Crippen LogP contribution < -0.4 is 10.1 Å². The Balaban J connectivity index is 1.83. The van der Waals surface area contributed by atoms with Crippen LogP contribution in [0.4, 0.5) is 10.2 Å². The molecular weight excluding hydrogens is 255 g/mol. The maximum atomic E-state index is 12.9. The van der Waals surface area contributed by atoms with Gasteiger partial charge in [0.2, 0.25) is 5.95 Å². The lowest BCUT2D eigenvalue weighted by atomic mass is 9.98. The molecule has 106 valence electrons. The molecule has 1 unspecified atom stereocenters. The zero-order valence-corrected chi connectivity index (χ0v) is 11.8. The quantitative estimate of drug-likeness (QED) is 0.813. The molecule has 1 aromatic carbocycles. The van der Waals surface area contributed by atoms with E-state index in [4.69, 9.17) is 4.74 Å². The fraction of sp³-hybridized carbons (Fsp3) is 0.312. The highest BCUT2D eigenvalue weighted by Crippen LogP contribution is 2.21. The van der Waals surface area contributed by atoms with Crippen molar-refractivity contribution in [2.75, 3.05) is 19.0 Å². The van der Waals surface area contributed by atoms with E-state index in [0.29, 0.717) is 11.7 Å². The summed E-state index contributed by atoms with van der Waals surface area (Å²) in [5.74, 6) is 1.40. The maximum absolute atomic E-state index is 12.9. The van der Waals surface area contributed by atoms with Crippen molar-refractivity contribution in [3.05, 3.63) is 54.0 Å². The first-order valence-electron chi connectivity index (χ1n) is 6.69. The van der Waals surface area contributed by atoms with E-state index in [0.717, 1.165) is 18.7 Å². The van der Waals surface area contributed by atoms with Gasteiger partial charge in [-0.1, -0.05) is 25.1 Å². The van der Waals surface area contributed by atoms with Crippen LogP contribution in [-0.4, -0.2) is 18.6 Å². The largest absolute Gasteiger partial charge is 0.497 e. The van der Waals surface area contributed by atoms with Crippen LogP contribution >= 0.6 is 0 Å². The van der Waals surface area contributed by atoms with E-state index in [1.807, 2.05) is 12.1 Å². The van der Waals surface area contributed by atoms with Crippen LogP contribution in [-0.2, 0) is 0 Å². The molecule has 1 N–H and O–H groups in total. The number of aromatic nitrogens is 1. The molecule has 20 heavy (non-hydrogen) atoms. The van der Waals surface area contributed by atoms with E-state index in [2.05, 4.69) is 29.4 Å². The van der Waals surface area contributed by atoms with E-state index < -0.39 is 5.95 Å². The third kappa shape index (κ3) is 3.95. The minimum Gasteiger partial charge on any atom is -0.497 e. The third-order valence-electron chi connectivity index (χ3n) is 3.28. The molecule has 0 amide bonds. The van der Waals surface area contributed by atoms with Gasteiger partial charge in [0.1, 0.15) is 11.6 Å². The van der Waals surface area contributed by atoms with Crippen LogP contribution in [0.25, 0.3) is 0 Å². The number of ether oxygens (including phenoxy) is 1. The first-order valence-corrected chi connectivity index (χ1v) is 6.69. The highest BCUT2D eigenvalue weighted by atomic mass is 19.1. The maximum Gasteiger partial charge on any atom is 0.214 e. The summed E-state index contributed by atoms with van der Waals surface area (Å²) in [6.07, 6.45) is 0.949. The number of methoxy groups -OCH3 is 1. The van der Waals surface area contributed by atoms with Crippen molar-refractivity contribution < 1.29 is 9.13 Å². The standard InChI is InChI=1S/C16H19FN2O/c1-12(13-6-8-14(20-2)9-7-13)10-11-18-16-5-3-4-15(17)19-16/h3-9,12H,10-11H2,1-2H3,(H,18,19). The zero-order chi connectivity index (χ0) is 14.4. The Morgan fingerprint density at radius 1 is 1.20 bits per heavy atom. The molecule has 1 heterocycles. The van der Waals surface area contributed by atoms with Crippen molar-refractivity contribution in [2.45, 2.75) is 19.3 Å². The van der Waals surface area contributed by atoms with Gasteiger partial charge in [0.25, 0.3) is 0 Å². The number of rotatable bonds is 6. The van der Waals surface area contributed by atoms with Gasteiger partial charge in [0.05, 0.1) is 7.11 Å². The van der Waals surface area contributed by atoms with Crippen LogP contribution in [0.1, 0.15) is 24.8 Å². The van der Waals surface area contributed by atoms with E-state index in [9.17, 15) is 4.39 Å². The summed E-state index contributed by atoms with van der Waals surface area (Å²) in [7, 11) is 1.66. The average Bonchev–Trinajstić information content (AvgIpc) is 2.47. The lowest BCUT2D eigenvalue weighted by molar-refractivity contribution is 0.414. The van der Waals surface area contributed by atoms with E-state index >= 15 is 0 Å². The summed E-state index contributed by atoms with van der Waals surface area (Å²) in [5, 5.41) is 3.13. The molecule has 0 radical (unpaired) electrons. The zero-order valence-electron chi connectivity index (χ0n) is 11.8. The topological polar surface area (TPSA) is 34.1 Å². The Labute approximate surface area is 118 Å². The van der Waals surface area contributed by atoms with Crippen LogP contribution in [0.5, 0.6) is 5.75 Å². The fourth-order valence-corrected chi connectivity index (χ4v) is 2.02. The van der Waals surface area contributed by atoms with Crippen molar-refractivity contribution in [3.63, 3.8) is 0 Å². The molecule has 0 bridgehead atoms. The van der Waals surface area contributed by atoms with Gasteiger partial charge in [-0.05, 0) is 42.2 Å². The smallest absolute Gasteiger partial charge is 0.214 e. The minimum atomic E-state index is -0.460. The van der Waals surface area contributed by atoms with E-state index in [1.165, 1.54) is 11.6 Å². The van der Waals surface area contributed by atoms with Crippen molar-refractivity contribution in [2.24, 2.45) is 0 Å². The van der Waals surface area contributed by atoms with E-state index in [-0.39, 0.29) is 0 Å². The Morgan fingerprint density at radius 3 is 2.60 bits per heavy atom. The predicted molar refractivity (Wildman–Crippen MR) is 78.7 cm³/mol. The molecule has 0 aliphatic rings. The van der Waals surface area contributed by atoms with Gasteiger partial charge < -0.3 is 10.1 Å². The summed E-state index contributed by atoms with van der Waals surface area (Å²) in [4.78, 5) is 3.77. The van der Waals surface area contributed by atoms with Crippen LogP contribution in [0.15, 0.2) is 42.5 Å². The number of hydrogen-bond donors (Lipinski definition) is 1. The van der Waals surface area contributed by atoms with Crippen LogP contribution in [0.3, 0.4) is 0 Å². The molecule has 0 saturated carbocycles. The van der Waals surface area contributed by atoms with Gasteiger partial charge in [0.15, 0.2) is 0 Å². The molecule has 4 heteroatoms. The van der Waals surface area contributed by atoms with Gasteiger partial charge in [-0.3, -0.25) is 0 Å². The number of hydrogen-bond acceptors (Lipinski definition) is 3. The third-order valence-corrected chi connectivity index (χ3v) is 3.28. The van der Waals surface area contributed by atoms with Crippen LogP contribution in [0.2, 0.25) is 0 Å². The molecular formula is C16H19FN2O. The highest BCUT2D eigenvalue weighted by Gasteiger charge is 2.06. The van der Waals surface area contributed by atoms with Crippen molar-refractivity contribution in [1.82, 2.24) is 4.98 Å². The first-order chi connectivity index (χ1) is 9.69. The second kappa shape index (κ2) is 6.89. The minimum absolute atomic E-state index is 0.418. The molecule has 0 aliphatic carbocycles. The molecule has 0 fully saturated rings. The monoisotopic (exact) mass is 274 g/mol. The molecule has 1 atom stereocenters. The Bertz CT molecular complexity index is 542. The molecule has 3 nitrogen and oxygen atoms in total. The van der Waals surface area contributed by atoms with Crippen LogP contribution in [0, 0.1) is 5.95 Å². The summed E-state index contributed by atoms with van der Waals surface area (Å²) >= 11 is 0. The lowest BCUT2D eigenvalue weighted by Crippen LogP contribution is -2.07.